The standard InChI is InChI=1S/C27H46N6O2/c1-16-10-17(2)32-27(35)24(16)15-31-26(34)23-11-19(20(13-28)14-30-4)12-25(18(23)3)33(5)22-8-6-21(29)7-9-22/h11-12,16-17,20-22,24,30H,6-10,13-15,28-29H2,1-5H3,(H,31,34)(H,32,35)/t16?,17?,20?,21-,22+,24?. The van der Waals surface area contributed by atoms with Gasteiger partial charge in [-0.1, -0.05) is 6.92 Å². The minimum atomic E-state index is -0.215. The molecule has 1 aromatic carbocycles. The highest BCUT2D eigenvalue weighted by atomic mass is 16.2. The van der Waals surface area contributed by atoms with Crippen molar-refractivity contribution >= 4 is 17.5 Å². The second-order valence-electron chi connectivity index (χ2n) is 10.8. The second kappa shape index (κ2) is 12.2. The van der Waals surface area contributed by atoms with Crippen LogP contribution < -0.4 is 32.3 Å². The maximum absolute atomic E-state index is 13.5. The van der Waals surface area contributed by atoms with E-state index >= 15 is 0 Å². The van der Waals surface area contributed by atoms with E-state index in [1.165, 1.54) is 0 Å². The average Bonchev–Trinajstić information content (AvgIpc) is 2.82. The number of carbonyl (C=O) groups excluding carboxylic acids is 2. The van der Waals surface area contributed by atoms with E-state index in [9.17, 15) is 9.59 Å². The van der Waals surface area contributed by atoms with Gasteiger partial charge in [0.2, 0.25) is 5.91 Å². The van der Waals surface area contributed by atoms with Crippen LogP contribution in [-0.4, -0.2) is 63.7 Å². The van der Waals surface area contributed by atoms with Gasteiger partial charge in [0.25, 0.3) is 5.91 Å². The summed E-state index contributed by atoms with van der Waals surface area (Å²) < 4.78 is 0. The topological polar surface area (TPSA) is 126 Å². The molecule has 0 bridgehead atoms. The first-order valence-corrected chi connectivity index (χ1v) is 13.2. The Morgan fingerprint density at radius 2 is 1.91 bits per heavy atom. The molecule has 1 heterocycles. The second-order valence-corrected chi connectivity index (χ2v) is 10.8. The molecule has 3 rings (SSSR count). The summed E-state index contributed by atoms with van der Waals surface area (Å²) in [5.74, 6) is -0.000181. The third-order valence-electron chi connectivity index (χ3n) is 8.14. The summed E-state index contributed by atoms with van der Waals surface area (Å²) in [5.41, 5.74) is 16.0. The van der Waals surface area contributed by atoms with Crippen molar-refractivity contribution in [1.82, 2.24) is 16.0 Å². The number of nitrogens with two attached hydrogens (primary N) is 2. The highest BCUT2D eigenvalue weighted by Gasteiger charge is 2.33. The van der Waals surface area contributed by atoms with Crippen LogP contribution in [0.2, 0.25) is 0 Å². The van der Waals surface area contributed by atoms with Crippen molar-refractivity contribution in [1.29, 1.82) is 0 Å². The molecule has 1 aliphatic heterocycles. The molecule has 35 heavy (non-hydrogen) atoms. The Morgan fingerprint density at radius 1 is 1.23 bits per heavy atom. The molecule has 0 radical (unpaired) electrons. The predicted molar refractivity (Wildman–Crippen MR) is 143 cm³/mol. The number of carbonyl (C=O) groups is 2. The third kappa shape index (κ3) is 6.54. The van der Waals surface area contributed by atoms with Crippen LogP contribution in [-0.2, 0) is 4.79 Å². The predicted octanol–water partition coefficient (Wildman–Crippen LogP) is 1.85. The van der Waals surface area contributed by atoms with Crippen molar-refractivity contribution in [3.63, 3.8) is 0 Å². The summed E-state index contributed by atoms with van der Waals surface area (Å²) in [6, 6.07) is 5.05. The van der Waals surface area contributed by atoms with Crippen LogP contribution in [0.4, 0.5) is 5.69 Å². The van der Waals surface area contributed by atoms with E-state index in [2.05, 4.69) is 40.9 Å². The lowest BCUT2D eigenvalue weighted by molar-refractivity contribution is -0.129. The molecule has 2 amide bonds. The molecule has 196 valence electrons. The van der Waals surface area contributed by atoms with Crippen LogP contribution in [0.3, 0.4) is 0 Å². The number of benzene rings is 1. The Kier molecular flexibility index (Phi) is 9.55. The zero-order valence-electron chi connectivity index (χ0n) is 22.2. The molecule has 1 aliphatic carbocycles. The molecule has 4 atom stereocenters. The first-order chi connectivity index (χ1) is 16.7. The summed E-state index contributed by atoms with van der Waals surface area (Å²) in [4.78, 5) is 28.3. The van der Waals surface area contributed by atoms with Crippen LogP contribution in [0.15, 0.2) is 12.1 Å². The van der Waals surface area contributed by atoms with Crippen LogP contribution in [0.25, 0.3) is 0 Å². The maximum atomic E-state index is 13.5. The quantitative estimate of drug-likeness (QED) is 0.363. The number of anilines is 1. The molecule has 1 aromatic rings. The van der Waals surface area contributed by atoms with Crippen LogP contribution in [0.5, 0.6) is 0 Å². The lowest BCUT2D eigenvalue weighted by atomic mass is 9.84. The van der Waals surface area contributed by atoms with Gasteiger partial charge in [-0.25, -0.2) is 0 Å². The van der Waals surface area contributed by atoms with Crippen molar-refractivity contribution in [3.05, 3.63) is 28.8 Å². The summed E-state index contributed by atoms with van der Waals surface area (Å²) in [6.45, 7) is 7.70. The van der Waals surface area contributed by atoms with E-state index in [0.717, 1.165) is 55.5 Å². The SMILES string of the molecule is CNCC(CN)c1cc(C(=O)NCC2C(=O)NC(C)CC2C)c(C)c(N(C)[C@H]2CC[C@@H](N)CC2)c1. The van der Waals surface area contributed by atoms with Crippen molar-refractivity contribution in [2.24, 2.45) is 23.3 Å². The fraction of sp³-hybridized carbons (Fsp3) is 0.704. The number of likely N-dealkylation sites (N-methyl/N-ethyl adjacent to an activating group) is 1. The van der Waals surface area contributed by atoms with E-state index in [4.69, 9.17) is 11.5 Å². The number of amides is 2. The summed E-state index contributed by atoms with van der Waals surface area (Å²) in [6.07, 6.45) is 5.06. The average molecular weight is 487 g/mol. The monoisotopic (exact) mass is 486 g/mol. The Hall–Kier alpha value is -2.16. The van der Waals surface area contributed by atoms with Crippen molar-refractivity contribution in [2.45, 2.75) is 76.9 Å². The van der Waals surface area contributed by atoms with Gasteiger partial charge in [0.05, 0.1) is 5.92 Å². The molecule has 4 unspecified atom stereocenters. The Morgan fingerprint density at radius 3 is 2.51 bits per heavy atom. The largest absolute Gasteiger partial charge is 0.371 e. The van der Waals surface area contributed by atoms with Gasteiger partial charge in [0, 0.05) is 62.0 Å². The molecule has 0 aromatic heterocycles. The fourth-order valence-electron chi connectivity index (χ4n) is 5.81. The number of hydrogen-bond acceptors (Lipinski definition) is 6. The van der Waals surface area contributed by atoms with E-state index < -0.39 is 0 Å². The van der Waals surface area contributed by atoms with Gasteiger partial charge in [0.1, 0.15) is 0 Å². The lowest BCUT2D eigenvalue weighted by Crippen LogP contribution is -2.50. The molecule has 2 fully saturated rings. The van der Waals surface area contributed by atoms with E-state index in [1.54, 1.807) is 0 Å². The molecular weight excluding hydrogens is 440 g/mol. The summed E-state index contributed by atoms with van der Waals surface area (Å²) in [7, 11) is 4.04. The molecule has 8 heteroatoms. The number of nitrogens with one attached hydrogen (secondary N) is 3. The summed E-state index contributed by atoms with van der Waals surface area (Å²) >= 11 is 0. The molecule has 8 nitrogen and oxygen atoms in total. The van der Waals surface area contributed by atoms with Crippen molar-refractivity contribution in [2.75, 3.05) is 38.6 Å². The third-order valence-corrected chi connectivity index (χ3v) is 8.14. The van der Waals surface area contributed by atoms with Gasteiger partial charge in [0.15, 0.2) is 0 Å². The Labute approximate surface area is 210 Å². The number of rotatable bonds is 9. The minimum absolute atomic E-state index is 0.0233. The smallest absolute Gasteiger partial charge is 0.251 e. The van der Waals surface area contributed by atoms with Crippen molar-refractivity contribution in [3.8, 4) is 0 Å². The Bertz CT molecular complexity index is 883. The first kappa shape index (κ1) is 27.4. The highest BCUT2D eigenvalue weighted by molar-refractivity contribution is 5.97. The number of hydrogen-bond donors (Lipinski definition) is 5. The summed E-state index contributed by atoms with van der Waals surface area (Å²) in [5, 5.41) is 9.31. The van der Waals surface area contributed by atoms with E-state index in [0.29, 0.717) is 24.7 Å². The van der Waals surface area contributed by atoms with Gasteiger partial charge < -0.3 is 32.3 Å². The Balaban J connectivity index is 1.87. The van der Waals surface area contributed by atoms with Gasteiger partial charge in [-0.3, -0.25) is 9.59 Å². The molecule has 2 aliphatic rings. The van der Waals surface area contributed by atoms with E-state index in [-0.39, 0.29) is 41.7 Å². The lowest BCUT2D eigenvalue weighted by Gasteiger charge is -2.36. The fourth-order valence-corrected chi connectivity index (χ4v) is 5.81. The zero-order valence-corrected chi connectivity index (χ0v) is 22.2. The molecule has 0 spiro atoms. The number of piperidine rings is 1. The normalized spacial score (nSPS) is 27.7. The first-order valence-electron chi connectivity index (χ1n) is 13.2. The maximum Gasteiger partial charge on any atom is 0.251 e. The van der Waals surface area contributed by atoms with Crippen LogP contribution in [0.1, 0.15) is 73.4 Å². The van der Waals surface area contributed by atoms with E-state index in [1.807, 2.05) is 27.0 Å². The zero-order chi connectivity index (χ0) is 25.7. The minimum Gasteiger partial charge on any atom is -0.371 e. The van der Waals surface area contributed by atoms with Crippen LogP contribution >= 0.6 is 0 Å². The van der Waals surface area contributed by atoms with Crippen molar-refractivity contribution < 1.29 is 9.59 Å². The highest BCUT2D eigenvalue weighted by Crippen LogP contribution is 2.33. The molecule has 1 saturated carbocycles. The van der Waals surface area contributed by atoms with Gasteiger partial charge in [-0.2, -0.15) is 0 Å². The van der Waals surface area contributed by atoms with Gasteiger partial charge in [-0.05, 0) is 82.2 Å². The number of nitrogens with zero attached hydrogens (tertiary/aromatic N) is 1. The molecule has 1 saturated heterocycles. The van der Waals surface area contributed by atoms with Gasteiger partial charge >= 0.3 is 0 Å². The van der Waals surface area contributed by atoms with Gasteiger partial charge in [-0.15, -0.1) is 0 Å². The molecular formula is C27H46N6O2. The molecule has 7 N–H and O–H groups in total. The van der Waals surface area contributed by atoms with Crippen LogP contribution in [0, 0.1) is 18.8 Å².